The number of amides is 3. The molecule has 1 unspecified atom stereocenters. The zero-order chi connectivity index (χ0) is 56.0. The second-order valence-corrected chi connectivity index (χ2v) is 24.6. The number of carbonyl (C=O) groups excluding carboxylic acids is 3. The van der Waals surface area contributed by atoms with E-state index >= 15 is 0 Å². The number of halogens is 2. The van der Waals surface area contributed by atoms with E-state index in [1.54, 1.807) is 54.1 Å². The fourth-order valence-corrected chi connectivity index (χ4v) is 13.5. The number of hydrogen-bond donors (Lipinski definition) is 3. The van der Waals surface area contributed by atoms with Crippen LogP contribution in [0.3, 0.4) is 0 Å². The fourth-order valence-electron chi connectivity index (χ4n) is 12.7. The predicted molar refractivity (Wildman–Crippen MR) is 306 cm³/mol. The highest BCUT2D eigenvalue weighted by Gasteiger charge is 2.69. The second kappa shape index (κ2) is 22.6. The number of thiazole rings is 1. The predicted octanol–water partition coefficient (Wildman–Crippen LogP) is 11.4. The average molecular weight is 1100 g/mol. The third kappa shape index (κ3) is 11.2. The molecule has 79 heavy (non-hydrogen) atoms. The van der Waals surface area contributed by atoms with Crippen molar-refractivity contribution < 1.29 is 33.0 Å². The summed E-state index contributed by atoms with van der Waals surface area (Å²) in [4.78, 5) is 64.1. The molecule has 3 fully saturated rings. The van der Waals surface area contributed by atoms with Gasteiger partial charge in [0.15, 0.2) is 0 Å². The first-order valence-electron chi connectivity index (χ1n) is 28.4. The molecule has 1 saturated heterocycles. The van der Waals surface area contributed by atoms with Gasteiger partial charge in [0.25, 0.3) is 12.0 Å². The Kier molecular flexibility index (Phi) is 16.0. The van der Waals surface area contributed by atoms with E-state index in [1.807, 2.05) is 68.3 Å². The number of β-amino-alcohol motifs (C(OH)–C–C–N with tert-alkyl or cyclic N) is 1. The van der Waals surface area contributed by atoms with E-state index in [1.165, 1.54) is 0 Å². The lowest BCUT2D eigenvalue weighted by atomic mass is 9.75. The largest absolute Gasteiger partial charge is 0.497 e. The summed E-state index contributed by atoms with van der Waals surface area (Å²) < 4.78 is 39.0. The molecular formula is C62H76F2N8O6S. The number of unbranched alkanes of at least 4 members (excludes halogenated alkanes) is 7. The Hall–Kier alpha value is -6.46. The number of benzene rings is 3. The highest BCUT2D eigenvalue weighted by atomic mass is 32.1. The number of aliphatic hydroxyl groups is 1. The molecule has 0 spiro atoms. The Bertz CT molecular complexity index is 3300. The summed E-state index contributed by atoms with van der Waals surface area (Å²) in [5, 5.41) is 22.8. The SMILES string of the molecule is COc1cc(N2CCCc3cc(-c4cnn(CCCCCCCCCCC(=O)N[C@@H]5CC5(C(=O)N5C[C@H](O)C[C@H]5C(=O)NC5(c6ccc(-c7scnc7C)cc6)CC5)C(C)(C)C)c4)c(C(F)F)cc32)c2cc(C)c(=O)n(C)c2c1. The monoisotopic (exact) mass is 1100 g/mol. The Morgan fingerprint density at radius 1 is 0.937 bits per heavy atom. The van der Waals surface area contributed by atoms with Gasteiger partial charge in [-0.1, -0.05) is 83.6 Å². The van der Waals surface area contributed by atoms with Gasteiger partial charge in [0.05, 0.1) is 57.7 Å². The van der Waals surface area contributed by atoms with Crippen molar-refractivity contribution in [1.82, 2.24) is 34.9 Å². The number of likely N-dealkylation sites (tertiary alicyclic amines) is 1. The van der Waals surface area contributed by atoms with Gasteiger partial charge in [0.2, 0.25) is 17.7 Å². The molecule has 10 rings (SSSR count). The molecule has 0 bridgehead atoms. The van der Waals surface area contributed by atoms with Gasteiger partial charge in [0.1, 0.15) is 11.8 Å². The van der Waals surface area contributed by atoms with Gasteiger partial charge in [-0.25, -0.2) is 13.8 Å². The molecule has 4 atom stereocenters. The van der Waals surface area contributed by atoms with Crippen LogP contribution in [0.4, 0.5) is 20.2 Å². The number of nitrogens with one attached hydrogen (secondary N) is 2. The molecule has 420 valence electrons. The Morgan fingerprint density at radius 3 is 2.33 bits per heavy atom. The van der Waals surface area contributed by atoms with Crippen LogP contribution in [0.5, 0.6) is 5.75 Å². The van der Waals surface area contributed by atoms with E-state index in [-0.39, 0.29) is 47.9 Å². The molecule has 14 nitrogen and oxygen atoms in total. The van der Waals surface area contributed by atoms with Crippen LogP contribution in [-0.2, 0) is 39.9 Å². The molecule has 2 aliphatic carbocycles. The highest BCUT2D eigenvalue weighted by molar-refractivity contribution is 7.13. The van der Waals surface area contributed by atoms with Gasteiger partial charge >= 0.3 is 0 Å². The van der Waals surface area contributed by atoms with Crippen LogP contribution < -0.4 is 25.8 Å². The van der Waals surface area contributed by atoms with Gasteiger partial charge in [-0.05, 0) is 105 Å². The lowest BCUT2D eigenvalue weighted by Gasteiger charge is -2.36. The minimum absolute atomic E-state index is 0.0421. The van der Waals surface area contributed by atoms with Crippen molar-refractivity contribution >= 4 is 51.3 Å². The number of carbonyl (C=O) groups is 3. The van der Waals surface area contributed by atoms with E-state index in [4.69, 9.17) is 4.74 Å². The minimum atomic E-state index is -2.70. The molecule has 0 radical (unpaired) electrons. The van der Waals surface area contributed by atoms with E-state index in [2.05, 4.69) is 49.9 Å². The first kappa shape index (κ1) is 55.8. The van der Waals surface area contributed by atoms with Crippen molar-refractivity contribution in [2.75, 3.05) is 25.1 Å². The molecule has 3 N–H and O–H groups in total. The number of nitrogens with zero attached hydrogens (tertiary/aromatic N) is 6. The van der Waals surface area contributed by atoms with Crippen molar-refractivity contribution in [2.45, 2.75) is 168 Å². The zero-order valence-corrected chi connectivity index (χ0v) is 47.6. The molecular weight excluding hydrogens is 1020 g/mol. The number of aromatic nitrogens is 4. The minimum Gasteiger partial charge on any atom is -0.497 e. The van der Waals surface area contributed by atoms with Gasteiger partial charge < -0.3 is 34.8 Å². The third-order valence-corrected chi connectivity index (χ3v) is 18.5. The smallest absolute Gasteiger partial charge is 0.264 e. The molecule has 2 aliphatic heterocycles. The number of ether oxygens (including phenoxy) is 1. The van der Waals surface area contributed by atoms with E-state index < -0.39 is 34.9 Å². The molecule has 3 aromatic heterocycles. The first-order chi connectivity index (χ1) is 37.8. The summed E-state index contributed by atoms with van der Waals surface area (Å²) in [7, 11) is 3.32. The Balaban J connectivity index is 0.659. The molecule has 3 amide bonds. The standard InChI is InChI=1S/C62H76F2N8O6S/c1-38-27-48-50(69(6)58(38)76)30-45(78-7)31-51(48)71-26-16-17-41-28-46(47(56(63)64)32-49(41)71)42-34-66-70(35-42)25-15-13-11-9-8-10-12-14-18-54(74)67-53-33-62(53,60(3,4)5)59(77)72-36-44(73)29-52(72)57(75)68-61(23-24-61)43-21-19-40(20-22-43)55-39(2)65-37-79-55/h19-22,27-28,30-32,34-35,37,44,52-53,56,73H,8-18,23-26,29,33,36H2,1-7H3,(H,67,74)(H,68,75)/t44-,52+,53-,62?/m1/s1. The number of anilines is 2. The van der Waals surface area contributed by atoms with Crippen LogP contribution in [0.15, 0.2) is 77.3 Å². The number of hydrogen-bond acceptors (Lipinski definition) is 10. The maximum absolute atomic E-state index is 15.0. The van der Waals surface area contributed by atoms with Crippen molar-refractivity contribution in [1.29, 1.82) is 0 Å². The summed E-state index contributed by atoms with van der Waals surface area (Å²) in [6, 6.07) is 16.3. The number of rotatable bonds is 21. The topological polar surface area (TPSA) is 164 Å². The summed E-state index contributed by atoms with van der Waals surface area (Å²) in [5.74, 6) is 0.0828. The maximum Gasteiger partial charge on any atom is 0.264 e. The Morgan fingerprint density at radius 2 is 1.66 bits per heavy atom. The van der Waals surface area contributed by atoms with Crippen molar-refractivity contribution in [3.63, 3.8) is 0 Å². The number of methoxy groups -OCH3 is 1. The molecule has 5 heterocycles. The summed E-state index contributed by atoms with van der Waals surface area (Å²) in [5.41, 5.74) is 7.93. The van der Waals surface area contributed by atoms with Gasteiger partial charge in [-0.3, -0.25) is 23.9 Å². The maximum atomic E-state index is 15.0. The summed E-state index contributed by atoms with van der Waals surface area (Å²) in [6.07, 6.45) is 12.1. The average Bonchev–Trinajstić information content (AvgIpc) is 4.18. The van der Waals surface area contributed by atoms with Crippen LogP contribution >= 0.6 is 11.3 Å². The van der Waals surface area contributed by atoms with E-state index in [9.17, 15) is 33.1 Å². The number of alkyl halides is 2. The second-order valence-electron chi connectivity index (χ2n) is 23.8. The van der Waals surface area contributed by atoms with E-state index in [0.29, 0.717) is 53.9 Å². The number of aliphatic hydroxyl groups excluding tert-OH is 1. The summed E-state index contributed by atoms with van der Waals surface area (Å²) >= 11 is 1.60. The van der Waals surface area contributed by atoms with Crippen molar-refractivity contribution in [3.8, 4) is 27.3 Å². The van der Waals surface area contributed by atoms with Gasteiger partial charge in [0, 0.05) is 91.7 Å². The number of aryl methyl sites for hydroxylation is 5. The normalized spacial score (nSPS) is 20.4. The molecule has 3 aromatic carbocycles. The molecule has 17 heteroatoms. The quantitative estimate of drug-likeness (QED) is 0.0595. The first-order valence-corrected chi connectivity index (χ1v) is 29.3. The van der Waals surface area contributed by atoms with Gasteiger partial charge in [-0.15, -0.1) is 11.3 Å². The summed E-state index contributed by atoms with van der Waals surface area (Å²) in [6.45, 7) is 11.2. The zero-order valence-electron chi connectivity index (χ0n) is 46.8. The van der Waals surface area contributed by atoms with Crippen molar-refractivity contribution in [2.24, 2.45) is 17.9 Å². The Labute approximate surface area is 465 Å². The molecule has 2 saturated carbocycles. The van der Waals surface area contributed by atoms with Crippen LogP contribution in [0.1, 0.15) is 145 Å². The third-order valence-electron chi connectivity index (χ3n) is 17.5. The van der Waals surface area contributed by atoms with Crippen LogP contribution in [0.25, 0.3) is 32.5 Å². The van der Waals surface area contributed by atoms with Gasteiger partial charge in [-0.2, -0.15) is 5.10 Å². The number of fused-ring (bicyclic) bond motifs is 2. The molecule has 6 aromatic rings. The van der Waals surface area contributed by atoms with Crippen LogP contribution in [0.2, 0.25) is 0 Å². The lowest BCUT2D eigenvalue weighted by Crippen LogP contribution is -2.54. The van der Waals surface area contributed by atoms with Crippen LogP contribution in [0, 0.1) is 24.7 Å². The molecule has 4 aliphatic rings. The van der Waals surface area contributed by atoms with Crippen molar-refractivity contribution in [3.05, 3.63) is 111 Å². The van der Waals surface area contributed by atoms with Crippen LogP contribution in [-0.4, -0.2) is 85.4 Å². The van der Waals surface area contributed by atoms with E-state index in [0.717, 1.165) is 121 Å². The lowest BCUT2D eigenvalue weighted by molar-refractivity contribution is -0.147. The highest BCUT2D eigenvalue weighted by Crippen LogP contribution is 2.60. The number of pyridine rings is 1. The fraction of sp³-hybridized carbons (Fsp3) is 0.516.